The van der Waals surface area contributed by atoms with Crippen LogP contribution in [-0.4, -0.2) is 30.1 Å². The number of carboxylic acid groups (broad SMARTS) is 1. The minimum Gasteiger partial charge on any atom is -0.480 e. The largest absolute Gasteiger partial charge is 0.480 e. The summed E-state index contributed by atoms with van der Waals surface area (Å²) < 4.78 is 31.0. The van der Waals surface area contributed by atoms with Crippen molar-refractivity contribution in [3.05, 3.63) is 42.5 Å². The predicted octanol–water partition coefficient (Wildman–Crippen LogP) is 2.53. The van der Waals surface area contributed by atoms with E-state index in [0.717, 1.165) is 5.39 Å². The lowest BCUT2D eigenvalue weighted by Gasteiger charge is -2.07. The van der Waals surface area contributed by atoms with Crippen LogP contribution in [0.15, 0.2) is 47.4 Å². The Morgan fingerprint density at radius 2 is 1.70 bits per heavy atom. The number of benzene rings is 2. The van der Waals surface area contributed by atoms with Crippen LogP contribution in [0.4, 0.5) is 0 Å². The van der Waals surface area contributed by atoms with Crippen LogP contribution in [0.25, 0.3) is 10.8 Å². The lowest BCUT2D eigenvalue weighted by Crippen LogP contribution is -2.31. The van der Waals surface area contributed by atoms with Gasteiger partial charge in [0, 0.05) is 5.39 Å². The van der Waals surface area contributed by atoms with Crippen LogP contribution in [0, 0.1) is 5.92 Å². The van der Waals surface area contributed by atoms with E-state index in [1.807, 2.05) is 19.9 Å². The first-order chi connectivity index (χ1) is 10.6. The molecule has 2 aromatic rings. The maximum absolute atomic E-state index is 11.0. The molecule has 0 bridgehead atoms. The van der Waals surface area contributed by atoms with Crippen molar-refractivity contribution in [2.75, 3.05) is 0 Å². The van der Waals surface area contributed by atoms with Crippen molar-refractivity contribution in [2.24, 2.45) is 11.7 Å². The van der Waals surface area contributed by atoms with Crippen LogP contribution >= 0.6 is 0 Å². The van der Waals surface area contributed by atoms with Crippen LogP contribution in [0.5, 0.6) is 0 Å². The van der Waals surface area contributed by atoms with E-state index in [4.69, 9.17) is 15.4 Å². The Balaban J connectivity index is 0.000000257. The quantitative estimate of drug-likeness (QED) is 0.737. The van der Waals surface area contributed by atoms with E-state index >= 15 is 0 Å². The average Bonchev–Trinajstić information content (AvgIpc) is 2.45. The van der Waals surface area contributed by atoms with Gasteiger partial charge >= 0.3 is 5.97 Å². The maximum Gasteiger partial charge on any atom is 0.320 e. The molecule has 0 radical (unpaired) electrons. The molecule has 0 saturated carbocycles. The van der Waals surface area contributed by atoms with Crippen molar-refractivity contribution in [1.29, 1.82) is 0 Å². The molecule has 23 heavy (non-hydrogen) atoms. The molecule has 1 atom stereocenters. The fourth-order valence-electron chi connectivity index (χ4n) is 2.03. The summed E-state index contributed by atoms with van der Waals surface area (Å²) in [6, 6.07) is 11.1. The van der Waals surface area contributed by atoms with Gasteiger partial charge in [-0.15, -0.1) is 0 Å². The predicted molar refractivity (Wildman–Crippen MR) is 88.8 cm³/mol. The molecule has 0 aromatic heterocycles. The lowest BCUT2D eigenvalue weighted by molar-refractivity contribution is -0.138. The standard InChI is InChI=1S/C10H8O3S.C6H13NO2/c11-14(12,13)10-7-3-5-8-4-1-2-6-9(8)10;1-4(2)3-5(7)6(8)9/h1-7H,(H,11,12,13);4-5H,3,7H2,1-2H3,(H,8,9). The van der Waals surface area contributed by atoms with Gasteiger partial charge in [0.15, 0.2) is 0 Å². The number of rotatable bonds is 4. The Kier molecular flexibility index (Phi) is 6.68. The highest BCUT2D eigenvalue weighted by atomic mass is 32.2. The van der Waals surface area contributed by atoms with E-state index in [-0.39, 0.29) is 4.90 Å². The Hall–Kier alpha value is -1.96. The number of hydrogen-bond acceptors (Lipinski definition) is 4. The molecule has 0 heterocycles. The second-order valence-electron chi connectivity index (χ2n) is 5.53. The Labute approximate surface area is 135 Å². The first-order valence-corrected chi connectivity index (χ1v) is 8.50. The summed E-state index contributed by atoms with van der Waals surface area (Å²) in [4.78, 5) is 10.1. The third-order valence-electron chi connectivity index (χ3n) is 3.07. The molecule has 0 fully saturated rings. The molecule has 0 spiro atoms. The third kappa shape index (κ3) is 5.97. The number of hydrogen-bond donors (Lipinski definition) is 3. The van der Waals surface area contributed by atoms with Gasteiger partial charge in [0.1, 0.15) is 10.9 Å². The van der Waals surface area contributed by atoms with Gasteiger partial charge in [-0.2, -0.15) is 8.42 Å². The van der Waals surface area contributed by atoms with Gasteiger partial charge in [0.2, 0.25) is 0 Å². The Morgan fingerprint density at radius 1 is 1.13 bits per heavy atom. The molecular formula is C16H21NO5S. The van der Waals surface area contributed by atoms with Crippen LogP contribution < -0.4 is 5.73 Å². The van der Waals surface area contributed by atoms with Gasteiger partial charge in [-0.05, 0) is 23.8 Å². The van der Waals surface area contributed by atoms with E-state index in [9.17, 15) is 13.2 Å². The van der Waals surface area contributed by atoms with Crippen molar-refractivity contribution in [3.63, 3.8) is 0 Å². The highest BCUT2D eigenvalue weighted by molar-refractivity contribution is 7.86. The molecular weight excluding hydrogens is 318 g/mol. The molecule has 2 aromatic carbocycles. The van der Waals surface area contributed by atoms with Gasteiger partial charge in [0.05, 0.1) is 0 Å². The van der Waals surface area contributed by atoms with Gasteiger partial charge in [-0.1, -0.05) is 50.2 Å². The SMILES string of the molecule is CC(C)CC(N)C(=O)O.O=S(=O)(O)c1cccc2ccccc12. The molecule has 4 N–H and O–H groups in total. The highest BCUT2D eigenvalue weighted by Crippen LogP contribution is 2.21. The van der Waals surface area contributed by atoms with Crippen molar-refractivity contribution in [1.82, 2.24) is 0 Å². The van der Waals surface area contributed by atoms with Crippen LogP contribution in [0.1, 0.15) is 20.3 Å². The number of nitrogens with two attached hydrogens (primary N) is 1. The normalized spacial score (nSPS) is 12.6. The molecule has 2 rings (SSSR count). The summed E-state index contributed by atoms with van der Waals surface area (Å²) in [5.41, 5.74) is 5.22. The molecule has 126 valence electrons. The monoisotopic (exact) mass is 339 g/mol. The van der Waals surface area contributed by atoms with Crippen LogP contribution in [0.2, 0.25) is 0 Å². The third-order valence-corrected chi connectivity index (χ3v) is 3.98. The molecule has 0 aliphatic rings. The first kappa shape index (κ1) is 19.1. The van der Waals surface area contributed by atoms with Crippen LogP contribution in [-0.2, 0) is 14.9 Å². The molecule has 0 saturated heterocycles. The summed E-state index contributed by atoms with van der Waals surface area (Å²) in [5, 5.41) is 9.64. The van der Waals surface area contributed by atoms with E-state index < -0.39 is 22.1 Å². The van der Waals surface area contributed by atoms with Crippen molar-refractivity contribution in [2.45, 2.75) is 31.2 Å². The topological polar surface area (TPSA) is 118 Å². The molecule has 0 amide bonds. The molecule has 6 nitrogen and oxygen atoms in total. The van der Waals surface area contributed by atoms with E-state index in [1.165, 1.54) is 6.07 Å². The van der Waals surface area contributed by atoms with Crippen molar-refractivity contribution < 1.29 is 22.9 Å². The molecule has 0 aliphatic carbocycles. The zero-order valence-corrected chi connectivity index (χ0v) is 13.8. The molecule has 0 aliphatic heterocycles. The number of carbonyl (C=O) groups is 1. The van der Waals surface area contributed by atoms with E-state index in [1.54, 1.807) is 30.3 Å². The zero-order valence-electron chi connectivity index (χ0n) is 13.0. The summed E-state index contributed by atoms with van der Waals surface area (Å²) in [6.07, 6.45) is 0.551. The van der Waals surface area contributed by atoms with Crippen molar-refractivity contribution in [3.8, 4) is 0 Å². The van der Waals surface area contributed by atoms with E-state index in [0.29, 0.717) is 17.7 Å². The second-order valence-corrected chi connectivity index (χ2v) is 6.92. The maximum atomic E-state index is 11.0. The fraction of sp³-hybridized carbons (Fsp3) is 0.312. The summed E-state index contributed by atoms with van der Waals surface area (Å²) >= 11 is 0. The van der Waals surface area contributed by atoms with Gasteiger partial charge in [0.25, 0.3) is 10.1 Å². The minimum absolute atomic E-state index is 0.0457. The van der Waals surface area contributed by atoms with Gasteiger partial charge < -0.3 is 10.8 Å². The zero-order chi connectivity index (χ0) is 17.6. The minimum atomic E-state index is -4.13. The number of carboxylic acids is 1. The highest BCUT2D eigenvalue weighted by Gasteiger charge is 2.12. The summed E-state index contributed by atoms with van der Waals surface area (Å²) in [6.45, 7) is 3.89. The Bertz CT molecular complexity index is 766. The smallest absolute Gasteiger partial charge is 0.320 e. The number of fused-ring (bicyclic) bond motifs is 1. The molecule has 7 heteroatoms. The fourth-order valence-corrected chi connectivity index (χ4v) is 2.74. The van der Waals surface area contributed by atoms with Gasteiger partial charge in [-0.25, -0.2) is 0 Å². The van der Waals surface area contributed by atoms with Crippen LogP contribution in [0.3, 0.4) is 0 Å². The second kappa shape index (κ2) is 8.05. The molecule has 1 unspecified atom stereocenters. The lowest BCUT2D eigenvalue weighted by atomic mass is 10.1. The van der Waals surface area contributed by atoms with Gasteiger partial charge in [-0.3, -0.25) is 9.35 Å². The van der Waals surface area contributed by atoms with E-state index in [2.05, 4.69) is 0 Å². The summed E-state index contributed by atoms with van der Waals surface area (Å²) in [5.74, 6) is -0.556. The first-order valence-electron chi connectivity index (χ1n) is 7.06. The Morgan fingerprint density at radius 3 is 2.17 bits per heavy atom. The summed E-state index contributed by atoms with van der Waals surface area (Å²) in [7, 11) is -4.13. The number of aliphatic carboxylic acids is 1. The average molecular weight is 339 g/mol. The van der Waals surface area contributed by atoms with Crippen molar-refractivity contribution >= 4 is 26.9 Å².